The Balaban J connectivity index is 1.22. The number of hydrogen-bond donors (Lipinski definition) is 3. The number of thiocarbonyl (C=S) groups is 1. The summed E-state index contributed by atoms with van der Waals surface area (Å²) in [7, 11) is 0. The molecule has 1 fully saturated rings. The molecule has 1 aliphatic heterocycles. The second-order valence-electron chi connectivity index (χ2n) is 8.79. The molecule has 1 unspecified atom stereocenters. The van der Waals surface area contributed by atoms with E-state index in [0.717, 1.165) is 36.9 Å². The van der Waals surface area contributed by atoms with E-state index in [1.807, 2.05) is 41.3 Å². The molecule has 6 heteroatoms. The van der Waals surface area contributed by atoms with Crippen LogP contribution in [0.5, 0.6) is 0 Å². The minimum absolute atomic E-state index is 0.0112. The molecule has 1 heterocycles. The Labute approximate surface area is 202 Å². The summed E-state index contributed by atoms with van der Waals surface area (Å²) in [5.41, 5.74) is 3.58. The van der Waals surface area contributed by atoms with Crippen LogP contribution in [0.2, 0.25) is 0 Å². The number of likely N-dealkylation sites (tertiary alicyclic amines) is 1. The maximum Gasteiger partial charge on any atom is 0.321 e. The number of rotatable bonds is 7. The quantitative estimate of drug-likeness (QED) is 0.395. The van der Waals surface area contributed by atoms with Crippen LogP contribution in [0.25, 0.3) is 0 Å². The summed E-state index contributed by atoms with van der Waals surface area (Å²) in [5, 5.41) is 10.5. The van der Waals surface area contributed by atoms with Crippen LogP contribution in [0.3, 0.4) is 0 Å². The van der Waals surface area contributed by atoms with Gasteiger partial charge in [-0.2, -0.15) is 0 Å². The van der Waals surface area contributed by atoms with E-state index in [-0.39, 0.29) is 12.1 Å². The standard InChI is InChI=1S/C27H34N4OS/c32-27(31-20-9-16-21-11-7-8-17-24(21)31)29-19-10-18-28-26(33)30-25(22-12-3-1-4-13-22)23-14-5-2-6-15-23/h1-6,12-15,17,21,25H,7-11,16,18-20H2,(H,29,32)(H2,28,30,33). The monoisotopic (exact) mass is 462 g/mol. The molecule has 2 aromatic rings. The van der Waals surface area contributed by atoms with Crippen LogP contribution >= 0.6 is 12.2 Å². The molecule has 5 nitrogen and oxygen atoms in total. The minimum atomic E-state index is -0.0112. The fourth-order valence-corrected chi connectivity index (χ4v) is 5.03. The molecule has 0 radical (unpaired) electrons. The van der Waals surface area contributed by atoms with Gasteiger partial charge >= 0.3 is 6.03 Å². The van der Waals surface area contributed by atoms with Gasteiger partial charge in [-0.15, -0.1) is 0 Å². The third-order valence-corrected chi connectivity index (χ3v) is 6.74. The highest BCUT2D eigenvalue weighted by atomic mass is 32.1. The fourth-order valence-electron chi connectivity index (χ4n) is 4.81. The highest BCUT2D eigenvalue weighted by molar-refractivity contribution is 7.80. The molecule has 4 rings (SSSR count). The highest BCUT2D eigenvalue weighted by Crippen LogP contribution is 2.34. The first-order chi connectivity index (χ1) is 16.2. The van der Waals surface area contributed by atoms with Crippen LogP contribution in [0, 0.1) is 5.92 Å². The number of fused-ring (bicyclic) bond motifs is 1. The zero-order valence-electron chi connectivity index (χ0n) is 19.1. The van der Waals surface area contributed by atoms with Crippen molar-refractivity contribution in [2.75, 3.05) is 19.6 Å². The molecule has 1 saturated heterocycles. The molecule has 0 saturated carbocycles. The molecular formula is C27H34N4OS. The number of benzene rings is 2. The first kappa shape index (κ1) is 23.3. The molecule has 2 aliphatic rings. The Morgan fingerprint density at radius 2 is 1.58 bits per heavy atom. The Kier molecular flexibility index (Phi) is 8.36. The number of urea groups is 1. The number of hydrogen-bond acceptors (Lipinski definition) is 2. The average Bonchev–Trinajstić information content (AvgIpc) is 2.87. The largest absolute Gasteiger partial charge is 0.363 e. The number of amides is 2. The zero-order valence-corrected chi connectivity index (χ0v) is 19.9. The fraction of sp³-hybridized carbons (Fsp3) is 0.407. The third kappa shape index (κ3) is 6.35. The van der Waals surface area contributed by atoms with E-state index >= 15 is 0 Å². The molecule has 2 amide bonds. The predicted octanol–water partition coefficient (Wildman–Crippen LogP) is 5.12. The Hall–Kier alpha value is -2.86. The van der Waals surface area contributed by atoms with Gasteiger partial charge < -0.3 is 16.0 Å². The molecule has 0 aromatic heterocycles. The molecule has 0 spiro atoms. The van der Waals surface area contributed by atoms with Crippen LogP contribution < -0.4 is 16.0 Å². The summed E-state index contributed by atoms with van der Waals surface area (Å²) in [5.74, 6) is 0.575. The summed E-state index contributed by atoms with van der Waals surface area (Å²) in [4.78, 5) is 14.7. The van der Waals surface area contributed by atoms with Gasteiger partial charge in [0.25, 0.3) is 0 Å². The Bertz CT molecular complexity index is 908. The van der Waals surface area contributed by atoms with Crippen molar-refractivity contribution in [3.63, 3.8) is 0 Å². The SMILES string of the molecule is O=C(NCCCNC(=S)NC(c1ccccc1)c1ccccc1)N1CCCC2CCCC=C21. The van der Waals surface area contributed by atoms with Crippen molar-refractivity contribution in [3.8, 4) is 0 Å². The molecule has 1 aliphatic carbocycles. The van der Waals surface area contributed by atoms with Crippen LogP contribution in [0.4, 0.5) is 4.79 Å². The van der Waals surface area contributed by atoms with Gasteiger partial charge in [0.15, 0.2) is 5.11 Å². The first-order valence-corrected chi connectivity index (χ1v) is 12.5. The van der Waals surface area contributed by atoms with Gasteiger partial charge in [-0.25, -0.2) is 4.79 Å². The number of nitrogens with zero attached hydrogens (tertiary/aromatic N) is 1. The zero-order chi connectivity index (χ0) is 22.9. The second-order valence-corrected chi connectivity index (χ2v) is 9.20. The summed E-state index contributed by atoms with van der Waals surface area (Å²) in [6.07, 6.45) is 8.96. The molecule has 3 N–H and O–H groups in total. The highest BCUT2D eigenvalue weighted by Gasteiger charge is 2.30. The number of carbonyl (C=O) groups is 1. The van der Waals surface area contributed by atoms with E-state index in [2.05, 4.69) is 46.3 Å². The second kappa shape index (κ2) is 11.8. The summed E-state index contributed by atoms with van der Waals surface area (Å²) >= 11 is 5.57. The van der Waals surface area contributed by atoms with Crippen molar-refractivity contribution in [3.05, 3.63) is 83.6 Å². The summed E-state index contributed by atoms with van der Waals surface area (Å²) in [6, 6.07) is 20.7. The minimum Gasteiger partial charge on any atom is -0.363 e. The maximum atomic E-state index is 12.7. The van der Waals surface area contributed by atoms with Gasteiger partial charge in [-0.3, -0.25) is 4.90 Å². The summed E-state index contributed by atoms with van der Waals surface area (Å²) in [6.45, 7) is 2.16. The van der Waals surface area contributed by atoms with E-state index in [9.17, 15) is 4.79 Å². The van der Waals surface area contributed by atoms with Gasteiger partial charge in [-0.05, 0) is 67.8 Å². The smallest absolute Gasteiger partial charge is 0.321 e. The van der Waals surface area contributed by atoms with Crippen molar-refractivity contribution < 1.29 is 4.79 Å². The van der Waals surface area contributed by atoms with Crippen molar-refractivity contribution >= 4 is 23.4 Å². The Morgan fingerprint density at radius 3 is 2.27 bits per heavy atom. The summed E-state index contributed by atoms with van der Waals surface area (Å²) < 4.78 is 0. The van der Waals surface area contributed by atoms with Crippen molar-refractivity contribution in [1.82, 2.24) is 20.9 Å². The average molecular weight is 463 g/mol. The molecule has 0 bridgehead atoms. The Morgan fingerprint density at radius 1 is 0.939 bits per heavy atom. The van der Waals surface area contributed by atoms with E-state index in [1.165, 1.54) is 25.0 Å². The van der Waals surface area contributed by atoms with Crippen LogP contribution in [-0.2, 0) is 0 Å². The molecule has 2 aromatic carbocycles. The van der Waals surface area contributed by atoms with E-state index in [0.29, 0.717) is 24.1 Å². The van der Waals surface area contributed by atoms with E-state index in [4.69, 9.17) is 12.2 Å². The topological polar surface area (TPSA) is 56.4 Å². The lowest BCUT2D eigenvalue weighted by Crippen LogP contribution is -2.45. The molecule has 174 valence electrons. The number of nitrogens with one attached hydrogen (secondary N) is 3. The van der Waals surface area contributed by atoms with Gasteiger partial charge in [0.1, 0.15) is 0 Å². The van der Waals surface area contributed by atoms with Crippen LogP contribution in [0.15, 0.2) is 72.4 Å². The molecular weight excluding hydrogens is 428 g/mol. The number of piperidine rings is 1. The number of allylic oxidation sites excluding steroid dienone is 2. The first-order valence-electron chi connectivity index (χ1n) is 12.1. The van der Waals surface area contributed by atoms with Crippen LogP contribution in [0.1, 0.15) is 55.7 Å². The van der Waals surface area contributed by atoms with Crippen molar-refractivity contribution in [1.29, 1.82) is 0 Å². The van der Waals surface area contributed by atoms with E-state index in [1.54, 1.807) is 0 Å². The lowest BCUT2D eigenvalue weighted by atomic mass is 9.85. The third-order valence-electron chi connectivity index (χ3n) is 6.48. The van der Waals surface area contributed by atoms with Crippen molar-refractivity contribution in [2.24, 2.45) is 5.92 Å². The molecule has 1 atom stereocenters. The van der Waals surface area contributed by atoms with Gasteiger partial charge in [-0.1, -0.05) is 66.7 Å². The van der Waals surface area contributed by atoms with Crippen molar-refractivity contribution in [2.45, 2.75) is 44.6 Å². The lowest BCUT2D eigenvalue weighted by molar-refractivity contribution is 0.187. The number of carbonyl (C=O) groups excluding carboxylic acids is 1. The van der Waals surface area contributed by atoms with E-state index < -0.39 is 0 Å². The maximum absolute atomic E-state index is 12.7. The molecule has 33 heavy (non-hydrogen) atoms. The normalized spacial score (nSPS) is 17.7. The predicted molar refractivity (Wildman–Crippen MR) is 138 cm³/mol. The van der Waals surface area contributed by atoms with Gasteiger partial charge in [0, 0.05) is 25.3 Å². The lowest BCUT2D eigenvalue weighted by Gasteiger charge is -2.37. The van der Waals surface area contributed by atoms with Gasteiger partial charge in [0.05, 0.1) is 6.04 Å². The van der Waals surface area contributed by atoms with Crippen LogP contribution in [-0.4, -0.2) is 35.7 Å². The van der Waals surface area contributed by atoms with Gasteiger partial charge in [0.2, 0.25) is 0 Å².